The molecular formula is C28H30N6O4S. The third-order valence-corrected chi connectivity index (χ3v) is 9.89. The molecule has 0 unspecified atom stereocenters. The highest BCUT2D eigenvalue weighted by Crippen LogP contribution is 2.78. The zero-order valence-electron chi connectivity index (χ0n) is 21.6. The highest BCUT2D eigenvalue weighted by atomic mass is 32.1. The lowest BCUT2D eigenvalue weighted by Gasteiger charge is -2.48. The Morgan fingerprint density at radius 2 is 2.13 bits per heavy atom. The number of carbonyl (C=O) groups is 2. The van der Waals surface area contributed by atoms with Gasteiger partial charge < -0.3 is 20.1 Å². The monoisotopic (exact) mass is 546 g/mol. The summed E-state index contributed by atoms with van der Waals surface area (Å²) in [4.78, 5) is 28.7. The Morgan fingerprint density at radius 3 is 2.90 bits per heavy atom. The van der Waals surface area contributed by atoms with E-state index < -0.39 is 16.9 Å². The van der Waals surface area contributed by atoms with Gasteiger partial charge in [0.25, 0.3) is 0 Å². The van der Waals surface area contributed by atoms with Crippen LogP contribution < -0.4 is 5.32 Å². The van der Waals surface area contributed by atoms with Crippen LogP contribution in [0.1, 0.15) is 43.7 Å². The lowest BCUT2D eigenvalue weighted by Crippen LogP contribution is -2.51. The van der Waals surface area contributed by atoms with E-state index in [-0.39, 0.29) is 30.3 Å². The molecule has 6 rings (SSSR count). The van der Waals surface area contributed by atoms with Crippen LogP contribution in [0.2, 0.25) is 0 Å². The van der Waals surface area contributed by atoms with Gasteiger partial charge in [-0.2, -0.15) is 5.26 Å². The average molecular weight is 547 g/mol. The Morgan fingerprint density at radius 1 is 1.28 bits per heavy atom. The number of benzene rings is 1. The van der Waals surface area contributed by atoms with Crippen LogP contribution in [0.15, 0.2) is 48.0 Å². The molecule has 2 aliphatic carbocycles. The minimum Gasteiger partial charge on any atom is -0.468 e. The van der Waals surface area contributed by atoms with E-state index in [0.717, 1.165) is 22.6 Å². The van der Waals surface area contributed by atoms with E-state index >= 15 is 0 Å². The van der Waals surface area contributed by atoms with Gasteiger partial charge in [-0.3, -0.25) is 14.3 Å². The molecule has 202 valence electrons. The molecule has 2 aromatic heterocycles. The predicted octanol–water partition coefficient (Wildman–Crippen LogP) is 3.58. The molecule has 3 aliphatic rings. The van der Waals surface area contributed by atoms with E-state index in [1.807, 2.05) is 48.0 Å². The molecule has 10 nitrogen and oxygen atoms in total. The maximum atomic E-state index is 13.0. The molecule has 1 aliphatic heterocycles. The Kier molecular flexibility index (Phi) is 6.40. The van der Waals surface area contributed by atoms with E-state index in [2.05, 4.69) is 21.8 Å². The summed E-state index contributed by atoms with van der Waals surface area (Å²) in [7, 11) is 1.37. The first-order valence-corrected chi connectivity index (χ1v) is 14.1. The van der Waals surface area contributed by atoms with Crippen LogP contribution in [0.25, 0.3) is 10.6 Å². The Bertz CT molecular complexity index is 1430. The summed E-state index contributed by atoms with van der Waals surface area (Å²) in [6.07, 6.45) is 6.03. The number of aliphatic hydroxyl groups excluding tert-OH is 1. The molecule has 3 fully saturated rings. The number of methoxy groups -OCH3 is 1. The van der Waals surface area contributed by atoms with Crippen molar-refractivity contribution >= 4 is 28.9 Å². The SMILES string of the molecule is COC(=O)[C@@]12C[C@@]13C[C@@H](c1ccccc1NC(=O)CCn1cc(-c4cccs4)nn1)N(C#N)C[C@@H]3CC[C@@H]2O. The molecule has 3 heterocycles. The lowest BCUT2D eigenvalue weighted by molar-refractivity contribution is -0.160. The minimum atomic E-state index is -0.914. The highest BCUT2D eigenvalue weighted by molar-refractivity contribution is 7.13. The first kappa shape index (κ1) is 25.5. The van der Waals surface area contributed by atoms with Crippen molar-refractivity contribution in [3.63, 3.8) is 0 Å². The van der Waals surface area contributed by atoms with Gasteiger partial charge in [-0.1, -0.05) is 29.5 Å². The fraction of sp³-hybridized carbons (Fsp3) is 0.464. The number of ether oxygens (including phenoxy) is 1. The number of nitrogens with zero attached hydrogens (tertiary/aromatic N) is 5. The number of nitriles is 1. The molecule has 39 heavy (non-hydrogen) atoms. The van der Waals surface area contributed by atoms with E-state index in [9.17, 15) is 20.0 Å². The zero-order chi connectivity index (χ0) is 27.2. The van der Waals surface area contributed by atoms with Crippen molar-refractivity contribution in [1.82, 2.24) is 19.9 Å². The number of aliphatic hydroxyl groups is 1. The van der Waals surface area contributed by atoms with E-state index in [1.165, 1.54) is 7.11 Å². The van der Waals surface area contributed by atoms with Crippen LogP contribution in [-0.4, -0.2) is 56.6 Å². The second-order valence-electron chi connectivity index (χ2n) is 10.8. The number of hydrogen-bond donors (Lipinski definition) is 2. The molecule has 1 spiro atoms. The molecule has 0 bridgehead atoms. The fourth-order valence-electron chi connectivity index (χ4n) is 7.06. The van der Waals surface area contributed by atoms with Gasteiger partial charge in [0.1, 0.15) is 11.1 Å². The summed E-state index contributed by atoms with van der Waals surface area (Å²) < 4.78 is 6.82. The van der Waals surface area contributed by atoms with Crippen molar-refractivity contribution < 1.29 is 19.4 Å². The van der Waals surface area contributed by atoms with Crippen LogP contribution >= 0.6 is 11.3 Å². The van der Waals surface area contributed by atoms with Gasteiger partial charge in [-0.05, 0) is 60.1 Å². The van der Waals surface area contributed by atoms with Crippen molar-refractivity contribution in [3.8, 4) is 16.8 Å². The number of piperidine rings is 1. The predicted molar refractivity (Wildman–Crippen MR) is 143 cm³/mol. The van der Waals surface area contributed by atoms with Crippen LogP contribution in [0.4, 0.5) is 5.69 Å². The lowest BCUT2D eigenvalue weighted by atomic mass is 9.65. The van der Waals surface area contributed by atoms with Crippen molar-refractivity contribution in [3.05, 3.63) is 53.5 Å². The largest absolute Gasteiger partial charge is 0.468 e. The first-order chi connectivity index (χ1) is 18.9. The molecule has 11 heteroatoms. The number of nitrogens with one attached hydrogen (secondary N) is 1. The summed E-state index contributed by atoms with van der Waals surface area (Å²) in [5, 5.41) is 34.3. The minimum absolute atomic E-state index is 0.124. The number of anilines is 1. The van der Waals surface area contributed by atoms with Gasteiger partial charge >= 0.3 is 5.97 Å². The van der Waals surface area contributed by atoms with Crippen molar-refractivity contribution in [2.45, 2.75) is 50.8 Å². The van der Waals surface area contributed by atoms with Gasteiger partial charge in [-0.25, -0.2) is 0 Å². The normalized spacial score (nSPS) is 29.1. The Balaban J connectivity index is 1.19. The standard InChI is InChI=1S/C28H30N6O4S/c1-38-26(37)28-16-27(28)13-22(33(17-29)14-18(27)8-9-24(28)35)19-5-2-3-6-20(19)30-25(36)10-11-34-15-21(31-32-34)23-7-4-12-39-23/h2-7,12,15,18,22,24,35H,8-11,13-14,16H2,1H3,(H,30,36)/t18-,22-,24-,27+,28-/m0/s1. The maximum absolute atomic E-state index is 13.0. The topological polar surface area (TPSA) is 133 Å². The van der Waals surface area contributed by atoms with E-state index in [1.54, 1.807) is 20.9 Å². The number of aryl methyl sites for hydroxylation is 1. The number of hydrogen-bond acceptors (Lipinski definition) is 9. The summed E-state index contributed by atoms with van der Waals surface area (Å²) in [5.74, 6) is -0.408. The van der Waals surface area contributed by atoms with Crippen LogP contribution in [0.3, 0.4) is 0 Å². The Labute approximate surface area is 230 Å². The molecule has 3 aromatic rings. The second-order valence-corrected chi connectivity index (χ2v) is 11.7. The second kappa shape index (κ2) is 9.77. The van der Waals surface area contributed by atoms with Crippen molar-refractivity contribution in [2.24, 2.45) is 16.7 Å². The number of rotatable bonds is 7. The fourth-order valence-corrected chi connectivity index (χ4v) is 7.73. The molecule has 0 radical (unpaired) electrons. The van der Waals surface area contributed by atoms with Gasteiger partial charge in [0.2, 0.25) is 5.91 Å². The number of likely N-dealkylation sites (tertiary alicyclic amines) is 1. The average Bonchev–Trinajstić information content (AvgIpc) is 3.28. The van der Waals surface area contributed by atoms with Crippen molar-refractivity contribution in [2.75, 3.05) is 19.0 Å². The highest BCUT2D eigenvalue weighted by Gasteiger charge is 2.80. The molecule has 2 N–H and O–H groups in total. The van der Waals surface area contributed by atoms with Crippen LogP contribution in [0.5, 0.6) is 0 Å². The number of carbonyl (C=O) groups excluding carboxylic acids is 2. The maximum Gasteiger partial charge on any atom is 0.315 e. The molecule has 1 amide bonds. The molecule has 5 atom stereocenters. The third kappa shape index (κ3) is 4.10. The zero-order valence-corrected chi connectivity index (χ0v) is 22.4. The number of esters is 1. The number of thiophene rings is 1. The van der Waals surface area contributed by atoms with E-state index in [0.29, 0.717) is 38.0 Å². The number of para-hydroxylation sites is 1. The molecule has 1 saturated heterocycles. The summed E-state index contributed by atoms with van der Waals surface area (Å²) in [6.45, 7) is 0.887. The molecule has 1 aromatic carbocycles. The Hall–Kier alpha value is -3.75. The quantitative estimate of drug-likeness (QED) is 0.339. The van der Waals surface area contributed by atoms with Gasteiger partial charge in [-0.15, -0.1) is 16.4 Å². The number of aromatic nitrogens is 3. The smallest absolute Gasteiger partial charge is 0.315 e. The summed E-state index contributed by atoms with van der Waals surface area (Å²) in [6, 6.07) is 11.1. The number of amides is 1. The van der Waals surface area contributed by atoms with Crippen LogP contribution in [-0.2, 0) is 20.9 Å². The van der Waals surface area contributed by atoms with Gasteiger partial charge in [0.15, 0.2) is 6.19 Å². The van der Waals surface area contributed by atoms with Gasteiger partial charge in [0, 0.05) is 18.7 Å². The van der Waals surface area contributed by atoms with Crippen LogP contribution in [0, 0.1) is 28.2 Å². The van der Waals surface area contributed by atoms with Gasteiger partial charge in [0.05, 0.1) is 36.9 Å². The summed E-state index contributed by atoms with van der Waals surface area (Å²) in [5.41, 5.74) is 0.911. The molecule has 2 saturated carbocycles. The third-order valence-electron chi connectivity index (χ3n) is 9.00. The first-order valence-electron chi connectivity index (χ1n) is 13.2. The summed E-state index contributed by atoms with van der Waals surface area (Å²) >= 11 is 1.58. The van der Waals surface area contributed by atoms with E-state index in [4.69, 9.17) is 4.74 Å². The molecular weight excluding hydrogens is 516 g/mol. The van der Waals surface area contributed by atoms with Crippen molar-refractivity contribution in [1.29, 1.82) is 5.26 Å².